The number of terminal acetylenes is 1. The Morgan fingerprint density at radius 2 is 1.62 bits per heavy atom. The predicted molar refractivity (Wildman–Crippen MR) is 179 cm³/mol. The molecule has 236 valence electrons. The first kappa shape index (κ1) is 36.2. The number of amides is 2. The molecule has 10 heteroatoms. The van der Waals surface area contributed by atoms with Crippen molar-refractivity contribution in [2.75, 3.05) is 27.2 Å². The van der Waals surface area contributed by atoms with Crippen LogP contribution in [-0.4, -0.2) is 60.0 Å². The van der Waals surface area contributed by atoms with E-state index in [1.807, 2.05) is 54.8 Å². The summed E-state index contributed by atoms with van der Waals surface area (Å²) in [6.07, 6.45) is 8.68. The number of methoxy groups -OCH3 is 1. The average Bonchev–Trinajstić information content (AvgIpc) is 3.47. The van der Waals surface area contributed by atoms with E-state index in [1.165, 1.54) is 40.0 Å². The second-order valence-electron chi connectivity index (χ2n) is 9.94. The summed E-state index contributed by atoms with van der Waals surface area (Å²) in [6.45, 7) is 6.00. The van der Waals surface area contributed by atoms with Crippen LogP contribution in [0.1, 0.15) is 59.3 Å². The molecule has 0 bridgehead atoms. The summed E-state index contributed by atoms with van der Waals surface area (Å²) < 4.78 is 5.22. The third-order valence-electron chi connectivity index (χ3n) is 6.29. The van der Waals surface area contributed by atoms with Crippen molar-refractivity contribution in [3.8, 4) is 18.6 Å². The SMILES string of the molecule is C#C.COc1cccc(CNCCCNC(=O)c2cc(C(=O)O)cc(C(=O)N(C)Cc3nc(C)cs3)c2)c1.Cc1ccccc1. The number of benzene rings is 3. The van der Waals surface area contributed by atoms with Gasteiger partial charge in [-0.25, -0.2) is 9.78 Å². The maximum Gasteiger partial charge on any atom is 0.335 e. The van der Waals surface area contributed by atoms with Gasteiger partial charge >= 0.3 is 5.97 Å². The van der Waals surface area contributed by atoms with Gasteiger partial charge in [0.1, 0.15) is 10.8 Å². The second-order valence-corrected chi connectivity index (χ2v) is 10.9. The molecule has 45 heavy (non-hydrogen) atoms. The van der Waals surface area contributed by atoms with E-state index in [2.05, 4.69) is 47.5 Å². The molecule has 0 radical (unpaired) electrons. The van der Waals surface area contributed by atoms with E-state index < -0.39 is 11.9 Å². The van der Waals surface area contributed by atoms with Gasteiger partial charge in [-0.3, -0.25) is 9.59 Å². The number of aromatic carboxylic acids is 1. The molecule has 0 aliphatic heterocycles. The van der Waals surface area contributed by atoms with Gasteiger partial charge in [-0.2, -0.15) is 0 Å². The fourth-order valence-corrected chi connectivity index (χ4v) is 4.87. The van der Waals surface area contributed by atoms with E-state index >= 15 is 0 Å². The van der Waals surface area contributed by atoms with Crippen molar-refractivity contribution in [1.29, 1.82) is 0 Å². The lowest BCUT2D eigenvalue weighted by Gasteiger charge is -2.17. The summed E-state index contributed by atoms with van der Waals surface area (Å²) in [7, 11) is 3.24. The molecule has 0 saturated carbocycles. The summed E-state index contributed by atoms with van der Waals surface area (Å²) in [5.74, 6) is -1.23. The number of carbonyl (C=O) groups is 3. The lowest BCUT2D eigenvalue weighted by Crippen LogP contribution is -2.29. The van der Waals surface area contributed by atoms with Crippen molar-refractivity contribution >= 4 is 29.1 Å². The monoisotopic (exact) mass is 628 g/mol. The fourth-order valence-electron chi connectivity index (χ4n) is 4.04. The number of aryl methyl sites for hydroxylation is 2. The first-order valence-corrected chi connectivity index (χ1v) is 15.1. The maximum atomic E-state index is 13.0. The van der Waals surface area contributed by atoms with Crippen LogP contribution in [0.25, 0.3) is 0 Å². The lowest BCUT2D eigenvalue weighted by atomic mass is 10.0. The molecule has 1 aromatic heterocycles. The van der Waals surface area contributed by atoms with E-state index in [4.69, 9.17) is 4.74 Å². The zero-order valence-corrected chi connectivity index (χ0v) is 26.9. The van der Waals surface area contributed by atoms with Crippen molar-refractivity contribution in [1.82, 2.24) is 20.5 Å². The Labute approximate surface area is 269 Å². The van der Waals surface area contributed by atoms with Crippen LogP contribution in [0.2, 0.25) is 0 Å². The van der Waals surface area contributed by atoms with E-state index in [0.29, 0.717) is 32.6 Å². The molecule has 0 saturated heterocycles. The van der Waals surface area contributed by atoms with Gasteiger partial charge in [-0.05, 0) is 62.7 Å². The van der Waals surface area contributed by atoms with Crippen molar-refractivity contribution in [2.45, 2.75) is 33.4 Å². The second kappa shape index (κ2) is 19.3. The molecule has 1 heterocycles. The van der Waals surface area contributed by atoms with Gasteiger partial charge in [0, 0.05) is 42.3 Å². The quantitative estimate of drug-likeness (QED) is 0.138. The molecule has 0 aliphatic carbocycles. The molecule has 3 N–H and O–H groups in total. The normalized spacial score (nSPS) is 9.91. The van der Waals surface area contributed by atoms with E-state index in [9.17, 15) is 19.5 Å². The highest BCUT2D eigenvalue weighted by Gasteiger charge is 2.19. The predicted octanol–water partition coefficient (Wildman–Crippen LogP) is 5.58. The minimum absolute atomic E-state index is 0.121. The van der Waals surface area contributed by atoms with Gasteiger partial charge in [0.2, 0.25) is 0 Å². The van der Waals surface area contributed by atoms with Crippen molar-refractivity contribution in [2.24, 2.45) is 0 Å². The number of ether oxygens (including phenoxy) is 1. The maximum absolute atomic E-state index is 13.0. The number of hydrogen-bond acceptors (Lipinski definition) is 7. The number of rotatable bonds is 12. The molecule has 9 nitrogen and oxygen atoms in total. The third kappa shape index (κ3) is 12.6. The van der Waals surface area contributed by atoms with Gasteiger partial charge in [-0.15, -0.1) is 24.2 Å². The molecule has 0 atom stereocenters. The van der Waals surface area contributed by atoms with Gasteiger partial charge in [0.25, 0.3) is 11.8 Å². The summed E-state index contributed by atoms with van der Waals surface area (Å²) in [5.41, 5.74) is 3.43. The summed E-state index contributed by atoms with van der Waals surface area (Å²) in [6, 6.07) is 22.0. The Balaban J connectivity index is 0.000000679. The van der Waals surface area contributed by atoms with Gasteiger partial charge < -0.3 is 25.4 Å². The topological polar surface area (TPSA) is 121 Å². The van der Waals surface area contributed by atoms with Crippen molar-refractivity contribution in [3.05, 3.63) is 117 Å². The van der Waals surface area contributed by atoms with Gasteiger partial charge in [-0.1, -0.05) is 48.0 Å². The summed E-state index contributed by atoms with van der Waals surface area (Å²) in [5, 5.41) is 18.3. The van der Waals surface area contributed by atoms with Crippen LogP contribution in [0.3, 0.4) is 0 Å². The largest absolute Gasteiger partial charge is 0.497 e. The molecule has 0 unspecified atom stereocenters. The Bertz CT molecular complexity index is 1550. The van der Waals surface area contributed by atoms with Gasteiger partial charge in [0.15, 0.2) is 0 Å². The number of hydrogen-bond donors (Lipinski definition) is 3. The van der Waals surface area contributed by atoms with Crippen LogP contribution < -0.4 is 15.4 Å². The highest BCUT2D eigenvalue weighted by Crippen LogP contribution is 2.16. The standard InChI is InChI=1S/C26H30N4O5S.C7H8.C2H2/c1-17-16-36-23(29-17)15-30(2)25(32)20-11-19(12-21(13-20)26(33)34)24(31)28-9-5-8-27-14-18-6-4-7-22(10-18)35-3;1-7-5-3-2-4-6-7;1-2/h4,6-7,10-13,16,27H,5,8-9,14-15H2,1-3H3,(H,28,31)(H,33,34);2-6H,1H3;1-2H. The molecule has 0 aliphatic rings. The minimum Gasteiger partial charge on any atom is -0.497 e. The van der Waals surface area contributed by atoms with Crippen molar-refractivity contribution in [3.63, 3.8) is 0 Å². The smallest absolute Gasteiger partial charge is 0.335 e. The fraction of sp³-hybridized carbons (Fsp3) is 0.257. The zero-order valence-electron chi connectivity index (χ0n) is 26.1. The highest BCUT2D eigenvalue weighted by molar-refractivity contribution is 7.09. The van der Waals surface area contributed by atoms with Crippen LogP contribution in [0.5, 0.6) is 5.75 Å². The molecule has 4 aromatic rings. The van der Waals surface area contributed by atoms with Crippen LogP contribution in [0.4, 0.5) is 0 Å². The lowest BCUT2D eigenvalue weighted by molar-refractivity contribution is 0.0696. The molecule has 3 aromatic carbocycles. The van der Waals surface area contributed by atoms with E-state index in [-0.39, 0.29) is 22.6 Å². The Morgan fingerprint density at radius 1 is 0.933 bits per heavy atom. The van der Waals surface area contributed by atoms with E-state index in [1.54, 1.807) is 14.2 Å². The van der Waals surface area contributed by atoms with E-state index in [0.717, 1.165) is 22.0 Å². The van der Waals surface area contributed by atoms with Gasteiger partial charge in [0.05, 0.1) is 19.2 Å². The molecular weight excluding hydrogens is 588 g/mol. The Morgan fingerprint density at radius 3 is 2.22 bits per heavy atom. The van der Waals surface area contributed by atoms with Crippen LogP contribution in [0.15, 0.2) is 78.2 Å². The average molecular weight is 629 g/mol. The summed E-state index contributed by atoms with van der Waals surface area (Å²) >= 11 is 1.45. The number of carboxylic acid groups (broad SMARTS) is 1. The van der Waals surface area contributed by atoms with Crippen LogP contribution >= 0.6 is 11.3 Å². The number of carbonyl (C=O) groups excluding carboxylic acids is 2. The third-order valence-corrected chi connectivity index (χ3v) is 7.25. The molecule has 2 amide bonds. The molecular formula is C35H40N4O5S. The highest BCUT2D eigenvalue weighted by atomic mass is 32.1. The summed E-state index contributed by atoms with van der Waals surface area (Å²) in [4.78, 5) is 43.1. The molecule has 0 fully saturated rings. The number of nitrogens with one attached hydrogen (secondary N) is 2. The van der Waals surface area contributed by atoms with Crippen LogP contribution in [0, 0.1) is 26.7 Å². The Kier molecular flexibility index (Phi) is 15.6. The number of thiazole rings is 1. The zero-order chi connectivity index (χ0) is 33.2. The number of nitrogens with zero attached hydrogens (tertiary/aromatic N) is 2. The molecule has 4 rings (SSSR count). The number of carboxylic acids is 1. The minimum atomic E-state index is -1.21. The first-order chi connectivity index (χ1) is 21.7. The first-order valence-electron chi connectivity index (χ1n) is 14.2. The van der Waals surface area contributed by atoms with Crippen molar-refractivity contribution < 1.29 is 24.2 Å². The van der Waals surface area contributed by atoms with Crippen LogP contribution in [-0.2, 0) is 13.1 Å². The molecule has 0 spiro atoms. The Hall–Kier alpha value is -4.98. The number of aromatic nitrogens is 1.